The molecule has 1 aromatic heterocycles. The summed E-state index contributed by atoms with van der Waals surface area (Å²) in [5.74, 6) is -0.449. The zero-order valence-corrected chi connectivity index (χ0v) is 12.6. The number of carbonyl (C=O) groups is 1. The number of halogens is 1. The molecule has 0 aliphatic heterocycles. The van der Waals surface area contributed by atoms with E-state index in [1.54, 1.807) is 12.1 Å². The second-order valence-corrected chi connectivity index (χ2v) is 6.50. The molecular weight excluding hydrogens is 275 g/mol. The number of aromatic nitrogens is 1. The third-order valence-corrected chi connectivity index (χ3v) is 3.55. The maximum atomic E-state index is 12.8. The maximum Gasteiger partial charge on any atom is 0.230 e. The van der Waals surface area contributed by atoms with Crippen LogP contribution in [-0.4, -0.2) is 10.9 Å². The van der Waals surface area contributed by atoms with Crippen LogP contribution < -0.4 is 5.32 Å². The van der Waals surface area contributed by atoms with Gasteiger partial charge in [0.05, 0.1) is 12.1 Å². The van der Waals surface area contributed by atoms with E-state index in [0.717, 1.165) is 11.3 Å². The Kier molecular flexibility index (Phi) is 4.18. The summed E-state index contributed by atoms with van der Waals surface area (Å²) in [6.45, 7) is 6.23. The van der Waals surface area contributed by atoms with Crippen molar-refractivity contribution in [3.63, 3.8) is 0 Å². The van der Waals surface area contributed by atoms with Crippen molar-refractivity contribution in [1.29, 1.82) is 0 Å². The van der Waals surface area contributed by atoms with Crippen molar-refractivity contribution < 1.29 is 9.18 Å². The van der Waals surface area contributed by atoms with E-state index in [1.807, 2.05) is 5.38 Å². The van der Waals surface area contributed by atoms with Crippen LogP contribution in [0.2, 0.25) is 0 Å². The largest absolute Gasteiger partial charge is 0.302 e. The molecule has 0 radical (unpaired) electrons. The summed E-state index contributed by atoms with van der Waals surface area (Å²) >= 11 is 1.41. The van der Waals surface area contributed by atoms with Gasteiger partial charge in [-0.25, -0.2) is 9.37 Å². The quantitative estimate of drug-likeness (QED) is 0.936. The molecule has 2 aromatic rings. The first-order valence-electron chi connectivity index (χ1n) is 6.35. The lowest BCUT2D eigenvalue weighted by Crippen LogP contribution is -2.15. The predicted octanol–water partition coefficient (Wildman–Crippen LogP) is 3.76. The maximum absolute atomic E-state index is 12.8. The fourth-order valence-corrected chi connectivity index (χ4v) is 2.58. The van der Waals surface area contributed by atoms with E-state index in [1.165, 1.54) is 23.5 Å². The Balaban J connectivity index is 1.98. The van der Waals surface area contributed by atoms with Crippen LogP contribution >= 0.6 is 11.3 Å². The normalized spacial score (nSPS) is 11.4. The lowest BCUT2D eigenvalue weighted by molar-refractivity contribution is -0.115. The highest BCUT2D eigenvalue weighted by molar-refractivity contribution is 7.13. The molecule has 0 spiro atoms. The molecule has 3 nitrogen and oxygen atoms in total. The van der Waals surface area contributed by atoms with Gasteiger partial charge in [-0.3, -0.25) is 4.79 Å². The van der Waals surface area contributed by atoms with E-state index in [9.17, 15) is 9.18 Å². The fraction of sp³-hybridized carbons (Fsp3) is 0.333. The van der Waals surface area contributed by atoms with Crippen LogP contribution in [0.3, 0.4) is 0 Å². The van der Waals surface area contributed by atoms with Crippen LogP contribution in [0.25, 0.3) is 0 Å². The summed E-state index contributed by atoms with van der Waals surface area (Å²) < 4.78 is 12.8. The number of amides is 1. The molecule has 0 bridgehead atoms. The second-order valence-electron chi connectivity index (χ2n) is 5.64. The summed E-state index contributed by atoms with van der Waals surface area (Å²) in [7, 11) is 0. The third kappa shape index (κ3) is 3.87. The van der Waals surface area contributed by atoms with Crippen molar-refractivity contribution in [2.45, 2.75) is 32.6 Å². The van der Waals surface area contributed by atoms with Gasteiger partial charge in [0, 0.05) is 10.8 Å². The third-order valence-electron chi connectivity index (χ3n) is 2.80. The molecule has 0 fully saturated rings. The molecule has 0 aliphatic rings. The molecule has 1 amide bonds. The molecule has 1 N–H and O–H groups in total. The average molecular weight is 292 g/mol. The van der Waals surface area contributed by atoms with Gasteiger partial charge in [0.1, 0.15) is 5.82 Å². The van der Waals surface area contributed by atoms with Gasteiger partial charge < -0.3 is 5.32 Å². The molecule has 2 rings (SSSR count). The van der Waals surface area contributed by atoms with Crippen molar-refractivity contribution in [2.75, 3.05) is 5.32 Å². The molecule has 0 unspecified atom stereocenters. The molecule has 0 atom stereocenters. The number of rotatable bonds is 3. The minimum atomic E-state index is -0.302. The van der Waals surface area contributed by atoms with E-state index in [4.69, 9.17) is 0 Å². The summed E-state index contributed by atoms with van der Waals surface area (Å²) in [5.41, 5.74) is 1.70. The minimum Gasteiger partial charge on any atom is -0.302 e. The molecule has 0 saturated heterocycles. The van der Waals surface area contributed by atoms with Crippen LogP contribution in [0.15, 0.2) is 29.6 Å². The summed E-state index contributed by atoms with van der Waals surface area (Å²) in [6.07, 6.45) is 0.213. The number of carbonyl (C=O) groups excluding carboxylic acids is 1. The van der Waals surface area contributed by atoms with Gasteiger partial charge in [-0.1, -0.05) is 32.9 Å². The summed E-state index contributed by atoms with van der Waals surface area (Å²) in [5, 5.41) is 5.32. The minimum absolute atomic E-state index is 0.0313. The van der Waals surface area contributed by atoms with Crippen molar-refractivity contribution in [1.82, 2.24) is 4.98 Å². The van der Waals surface area contributed by atoms with Crippen molar-refractivity contribution in [3.05, 3.63) is 46.7 Å². The number of hydrogen-bond donors (Lipinski definition) is 1. The fourth-order valence-electron chi connectivity index (χ4n) is 1.63. The standard InChI is InChI=1S/C15H17FN2OS/c1-15(2,3)12-9-20-14(17-12)18-13(19)8-10-4-6-11(16)7-5-10/h4-7,9H,8H2,1-3H3,(H,17,18,19). The SMILES string of the molecule is CC(C)(C)c1csc(NC(=O)Cc2ccc(F)cc2)n1. The van der Waals surface area contributed by atoms with Crippen molar-refractivity contribution >= 4 is 22.4 Å². The van der Waals surface area contributed by atoms with Crippen LogP contribution in [0.5, 0.6) is 0 Å². The Morgan fingerprint density at radius 2 is 1.95 bits per heavy atom. The Morgan fingerprint density at radius 1 is 1.30 bits per heavy atom. The Bertz CT molecular complexity index is 599. The van der Waals surface area contributed by atoms with Gasteiger partial charge in [0.25, 0.3) is 0 Å². The van der Waals surface area contributed by atoms with Gasteiger partial charge in [-0.2, -0.15) is 0 Å². The Labute approximate surface area is 121 Å². The first-order chi connectivity index (χ1) is 9.34. The van der Waals surface area contributed by atoms with Crippen LogP contribution in [0.4, 0.5) is 9.52 Å². The number of benzene rings is 1. The Hall–Kier alpha value is -1.75. The van der Waals surface area contributed by atoms with E-state index < -0.39 is 0 Å². The lowest BCUT2D eigenvalue weighted by atomic mass is 9.93. The smallest absolute Gasteiger partial charge is 0.230 e. The van der Waals surface area contributed by atoms with E-state index in [2.05, 4.69) is 31.1 Å². The lowest BCUT2D eigenvalue weighted by Gasteiger charge is -2.14. The van der Waals surface area contributed by atoms with Gasteiger partial charge in [0.15, 0.2) is 5.13 Å². The molecule has 1 aromatic carbocycles. The number of nitrogens with zero attached hydrogens (tertiary/aromatic N) is 1. The van der Waals surface area contributed by atoms with Crippen molar-refractivity contribution in [2.24, 2.45) is 0 Å². The average Bonchev–Trinajstić information content (AvgIpc) is 2.80. The monoisotopic (exact) mass is 292 g/mol. The van der Waals surface area contributed by atoms with Crippen LogP contribution in [0.1, 0.15) is 32.0 Å². The topological polar surface area (TPSA) is 42.0 Å². The van der Waals surface area contributed by atoms with E-state index in [0.29, 0.717) is 5.13 Å². The van der Waals surface area contributed by atoms with Gasteiger partial charge in [-0.15, -0.1) is 11.3 Å². The summed E-state index contributed by atoms with van der Waals surface area (Å²) in [4.78, 5) is 16.3. The molecule has 0 aliphatic carbocycles. The number of anilines is 1. The van der Waals surface area contributed by atoms with E-state index in [-0.39, 0.29) is 23.6 Å². The first-order valence-corrected chi connectivity index (χ1v) is 7.23. The van der Waals surface area contributed by atoms with Crippen LogP contribution in [0, 0.1) is 5.82 Å². The molecule has 106 valence electrons. The zero-order chi connectivity index (χ0) is 14.8. The number of hydrogen-bond acceptors (Lipinski definition) is 3. The summed E-state index contributed by atoms with van der Waals surface area (Å²) in [6, 6.07) is 5.92. The highest BCUT2D eigenvalue weighted by Crippen LogP contribution is 2.26. The van der Waals surface area contributed by atoms with E-state index >= 15 is 0 Å². The number of thiazole rings is 1. The highest BCUT2D eigenvalue weighted by Gasteiger charge is 2.18. The number of nitrogens with one attached hydrogen (secondary N) is 1. The van der Waals surface area contributed by atoms with Gasteiger partial charge in [-0.05, 0) is 17.7 Å². The molecular formula is C15H17FN2OS. The highest BCUT2D eigenvalue weighted by atomic mass is 32.1. The molecule has 1 heterocycles. The second kappa shape index (κ2) is 5.71. The molecule has 20 heavy (non-hydrogen) atoms. The first kappa shape index (κ1) is 14.7. The molecule has 0 saturated carbocycles. The van der Waals surface area contributed by atoms with Crippen molar-refractivity contribution in [3.8, 4) is 0 Å². The Morgan fingerprint density at radius 3 is 2.50 bits per heavy atom. The molecule has 5 heteroatoms. The van der Waals surface area contributed by atoms with Gasteiger partial charge >= 0.3 is 0 Å². The van der Waals surface area contributed by atoms with Gasteiger partial charge in [0.2, 0.25) is 5.91 Å². The zero-order valence-electron chi connectivity index (χ0n) is 11.7. The predicted molar refractivity (Wildman–Crippen MR) is 79.5 cm³/mol. The van der Waals surface area contributed by atoms with Crippen LogP contribution in [-0.2, 0) is 16.6 Å².